The second-order valence-corrected chi connectivity index (χ2v) is 10.0. The van der Waals surface area contributed by atoms with E-state index < -0.39 is 17.7 Å². The number of Topliss-reactive ketones (excluding diaryl/α,β-unsaturated/α-hetero) is 2. The van der Waals surface area contributed by atoms with Gasteiger partial charge in [0.05, 0.1) is 5.02 Å². The number of halogens is 1. The van der Waals surface area contributed by atoms with Crippen molar-refractivity contribution < 1.29 is 24.2 Å². The summed E-state index contributed by atoms with van der Waals surface area (Å²) in [5.41, 5.74) is 0.739. The number of allylic oxidation sites excluding steroid dienone is 1. The minimum Gasteiger partial charge on any atom is -0.489 e. The van der Waals surface area contributed by atoms with Gasteiger partial charge in [0.2, 0.25) is 11.6 Å². The van der Waals surface area contributed by atoms with Crippen molar-refractivity contribution in [2.24, 2.45) is 0 Å². The van der Waals surface area contributed by atoms with Crippen LogP contribution in [0.3, 0.4) is 0 Å². The lowest BCUT2D eigenvalue weighted by Crippen LogP contribution is -2.51. The number of para-hydroxylation sites is 1. The van der Waals surface area contributed by atoms with Crippen molar-refractivity contribution in [3.63, 3.8) is 0 Å². The Kier molecular flexibility index (Phi) is 6.22. The largest absolute Gasteiger partial charge is 0.489 e. The van der Waals surface area contributed by atoms with Crippen molar-refractivity contribution in [2.45, 2.75) is 24.5 Å². The van der Waals surface area contributed by atoms with Crippen LogP contribution in [0.15, 0.2) is 53.4 Å². The van der Waals surface area contributed by atoms with Crippen molar-refractivity contribution in [3.8, 4) is 5.75 Å². The molecule has 2 aromatic rings. The molecule has 1 N–H and O–H groups in total. The lowest BCUT2D eigenvalue weighted by Gasteiger charge is -2.45. The first-order valence-electron chi connectivity index (χ1n) is 11.0. The highest BCUT2D eigenvalue weighted by Gasteiger charge is 2.46. The van der Waals surface area contributed by atoms with E-state index in [9.17, 15) is 14.7 Å². The Balaban J connectivity index is 1.20. The van der Waals surface area contributed by atoms with Crippen molar-refractivity contribution in [1.29, 1.82) is 0 Å². The number of fused-ring (bicyclic) bond motifs is 2. The van der Waals surface area contributed by atoms with Crippen LogP contribution in [0, 0.1) is 0 Å². The molecule has 172 valence electrons. The zero-order valence-corrected chi connectivity index (χ0v) is 19.5. The Morgan fingerprint density at radius 1 is 1.06 bits per heavy atom. The van der Waals surface area contributed by atoms with Crippen molar-refractivity contribution in [1.82, 2.24) is 4.90 Å². The topological polar surface area (TPSA) is 76.1 Å². The molecular formula is C25H24ClNO5S. The molecule has 2 heterocycles. The highest BCUT2D eigenvalue weighted by molar-refractivity contribution is 8.04. The third-order valence-corrected chi connectivity index (χ3v) is 7.98. The molecule has 2 aromatic carbocycles. The van der Waals surface area contributed by atoms with Gasteiger partial charge in [0.15, 0.2) is 0 Å². The fourth-order valence-electron chi connectivity index (χ4n) is 4.50. The van der Waals surface area contributed by atoms with Crippen LogP contribution in [-0.2, 0) is 9.53 Å². The first kappa shape index (κ1) is 22.5. The zero-order valence-electron chi connectivity index (χ0n) is 18.0. The number of hydrogen-bond acceptors (Lipinski definition) is 7. The summed E-state index contributed by atoms with van der Waals surface area (Å²) >= 11 is 7.54. The van der Waals surface area contributed by atoms with Crippen LogP contribution in [0.2, 0.25) is 5.02 Å². The number of nitrogens with zero attached hydrogens (tertiary/aromatic N) is 1. The number of aliphatic hydroxyl groups is 1. The second kappa shape index (κ2) is 9.14. The van der Waals surface area contributed by atoms with Gasteiger partial charge in [0, 0.05) is 49.4 Å². The SMILES string of the molecule is O=C1C(=O)c2ccccc2C2=C1SCC1(CCN(CC(O)COc3ccccc3Cl)CC1)O2. The summed E-state index contributed by atoms with van der Waals surface area (Å²) in [6, 6.07) is 14.4. The number of ether oxygens (including phenoxy) is 2. The van der Waals surface area contributed by atoms with Crippen molar-refractivity contribution in [2.75, 3.05) is 32.0 Å². The van der Waals surface area contributed by atoms with Gasteiger partial charge < -0.3 is 19.5 Å². The number of β-amino-alcohol motifs (C(OH)–C–C–N with tert-alkyl or cyclic N) is 1. The summed E-state index contributed by atoms with van der Waals surface area (Å²) in [5, 5.41) is 11.0. The fraction of sp³-hybridized carbons (Fsp3) is 0.360. The van der Waals surface area contributed by atoms with E-state index in [-0.39, 0.29) is 12.2 Å². The lowest BCUT2D eigenvalue weighted by atomic mass is 9.90. The predicted molar refractivity (Wildman–Crippen MR) is 128 cm³/mol. The molecule has 1 aliphatic carbocycles. The molecule has 1 unspecified atom stereocenters. The summed E-state index contributed by atoms with van der Waals surface area (Å²) in [5.74, 6) is 0.821. The van der Waals surface area contributed by atoms with Gasteiger partial charge in [-0.05, 0) is 12.1 Å². The first-order chi connectivity index (χ1) is 16.0. The molecular weight excluding hydrogens is 462 g/mol. The number of ketones is 2. The van der Waals surface area contributed by atoms with E-state index in [1.165, 1.54) is 11.8 Å². The summed E-state index contributed by atoms with van der Waals surface area (Å²) in [7, 11) is 0. The van der Waals surface area contributed by atoms with Gasteiger partial charge >= 0.3 is 0 Å². The van der Waals surface area contributed by atoms with E-state index in [1.807, 2.05) is 24.3 Å². The van der Waals surface area contributed by atoms with Gasteiger partial charge in [0.25, 0.3) is 0 Å². The number of thioether (sulfide) groups is 1. The number of rotatable bonds is 5. The quantitative estimate of drug-likeness (QED) is 0.645. The molecule has 1 saturated heterocycles. The minimum atomic E-state index is -0.639. The van der Waals surface area contributed by atoms with Gasteiger partial charge in [-0.2, -0.15) is 0 Å². The molecule has 0 aromatic heterocycles. The maximum absolute atomic E-state index is 12.6. The Morgan fingerprint density at radius 3 is 2.52 bits per heavy atom. The summed E-state index contributed by atoms with van der Waals surface area (Å²) < 4.78 is 12.2. The molecule has 0 saturated carbocycles. The second-order valence-electron chi connectivity index (χ2n) is 8.63. The third-order valence-electron chi connectivity index (χ3n) is 6.34. The molecule has 2 aliphatic heterocycles. The van der Waals surface area contributed by atoms with E-state index in [4.69, 9.17) is 21.1 Å². The van der Waals surface area contributed by atoms with Crippen LogP contribution in [0.5, 0.6) is 5.75 Å². The number of benzene rings is 2. The van der Waals surface area contributed by atoms with E-state index in [1.54, 1.807) is 24.3 Å². The van der Waals surface area contributed by atoms with Gasteiger partial charge in [-0.25, -0.2) is 0 Å². The molecule has 3 aliphatic rings. The average Bonchev–Trinajstić information content (AvgIpc) is 2.84. The van der Waals surface area contributed by atoms with E-state index in [2.05, 4.69) is 4.90 Å². The Labute approximate surface area is 201 Å². The highest BCUT2D eigenvalue weighted by atomic mass is 35.5. The maximum atomic E-state index is 12.6. The van der Waals surface area contributed by atoms with Crippen molar-refractivity contribution >= 4 is 40.7 Å². The molecule has 33 heavy (non-hydrogen) atoms. The molecule has 0 radical (unpaired) electrons. The van der Waals surface area contributed by atoms with E-state index in [0.29, 0.717) is 44.9 Å². The number of piperidine rings is 1. The summed E-state index contributed by atoms with van der Waals surface area (Å²) in [6.07, 6.45) is 0.915. The molecule has 5 rings (SSSR count). The molecule has 1 fully saturated rings. The standard InChI is InChI=1S/C25H24ClNO5S/c26-19-7-3-4-8-20(19)31-14-16(28)13-27-11-9-25(10-12-27)15-33-24-22(30)21(29)17-5-1-2-6-18(17)23(24)32-25/h1-8,16,28H,9-15H2. The predicted octanol–water partition coefficient (Wildman–Crippen LogP) is 3.81. The number of carbonyl (C=O) groups is 2. The average molecular weight is 486 g/mol. The van der Waals surface area contributed by atoms with Crippen LogP contribution < -0.4 is 4.74 Å². The maximum Gasteiger partial charge on any atom is 0.243 e. The number of hydrogen-bond donors (Lipinski definition) is 1. The van der Waals surface area contributed by atoms with E-state index in [0.717, 1.165) is 25.9 Å². The molecule has 1 atom stereocenters. The number of likely N-dealkylation sites (tertiary alicyclic amines) is 1. The molecule has 0 amide bonds. The minimum absolute atomic E-state index is 0.168. The zero-order chi connectivity index (χ0) is 23.0. The van der Waals surface area contributed by atoms with Gasteiger partial charge in [0.1, 0.15) is 34.7 Å². The third kappa shape index (κ3) is 4.43. The van der Waals surface area contributed by atoms with Gasteiger partial charge in [-0.3, -0.25) is 9.59 Å². The van der Waals surface area contributed by atoms with Crippen LogP contribution >= 0.6 is 23.4 Å². The number of aliphatic hydroxyl groups excluding tert-OH is 1. The fourth-order valence-corrected chi connectivity index (χ4v) is 5.95. The van der Waals surface area contributed by atoms with Crippen LogP contribution in [0.25, 0.3) is 5.76 Å². The molecule has 1 spiro atoms. The van der Waals surface area contributed by atoms with E-state index >= 15 is 0 Å². The summed E-state index contributed by atoms with van der Waals surface area (Å²) in [4.78, 5) is 27.7. The molecule has 6 nitrogen and oxygen atoms in total. The lowest BCUT2D eigenvalue weighted by molar-refractivity contribution is -0.111. The monoisotopic (exact) mass is 485 g/mol. The normalized spacial score (nSPS) is 20.8. The Morgan fingerprint density at radius 2 is 1.76 bits per heavy atom. The number of carbonyl (C=O) groups excluding carboxylic acids is 2. The first-order valence-corrected chi connectivity index (χ1v) is 12.3. The van der Waals surface area contributed by atoms with Crippen LogP contribution in [0.4, 0.5) is 0 Å². The Hall–Kier alpha value is -2.32. The van der Waals surface area contributed by atoms with Crippen LogP contribution in [0.1, 0.15) is 28.8 Å². The van der Waals surface area contributed by atoms with Crippen LogP contribution in [-0.4, -0.2) is 65.3 Å². The Bertz CT molecular complexity index is 1130. The highest BCUT2D eigenvalue weighted by Crippen LogP contribution is 2.47. The smallest absolute Gasteiger partial charge is 0.243 e. The molecule has 8 heteroatoms. The molecule has 0 bridgehead atoms. The summed E-state index contributed by atoms with van der Waals surface area (Å²) in [6.45, 7) is 2.19. The van der Waals surface area contributed by atoms with Crippen molar-refractivity contribution in [3.05, 3.63) is 69.6 Å². The van der Waals surface area contributed by atoms with Gasteiger partial charge in [-0.15, -0.1) is 11.8 Å². The van der Waals surface area contributed by atoms with Gasteiger partial charge in [-0.1, -0.05) is 48.0 Å².